The minimum atomic E-state index is 0. The molecular weight excluding hydrogens is 326 g/mol. The first-order chi connectivity index (χ1) is 0. The molecular formula is Al2Ca2Fe2O5+6. The van der Waals surface area contributed by atoms with Crippen molar-refractivity contribution in [3.8, 4) is 0 Å². The van der Waals surface area contributed by atoms with E-state index in [1.165, 1.54) is 0 Å². The van der Waals surface area contributed by atoms with Crippen LogP contribution in [-0.4, -0.2) is 110 Å². The molecule has 2 radical (unpaired) electrons. The number of hydrogen-bond donors (Lipinski definition) is 0. The predicted molar refractivity (Wildman–Crippen MR) is 26.4 cm³/mol. The number of rotatable bonds is 0. The van der Waals surface area contributed by atoms with Crippen LogP contribution in [-0.2, 0) is 61.5 Å². The van der Waals surface area contributed by atoms with Crippen molar-refractivity contribution in [1.29, 1.82) is 0 Å². The summed E-state index contributed by atoms with van der Waals surface area (Å²) in [5, 5.41) is 0. The van der Waals surface area contributed by atoms with E-state index in [1.54, 1.807) is 0 Å². The van der Waals surface area contributed by atoms with Gasteiger partial charge >= 0.3 is 144 Å². The van der Waals surface area contributed by atoms with Crippen LogP contribution >= 0.6 is 0 Å². The molecule has 0 aliphatic carbocycles. The van der Waals surface area contributed by atoms with Gasteiger partial charge in [0.2, 0.25) is 0 Å². The molecule has 11 heavy (non-hydrogen) atoms. The molecule has 0 saturated heterocycles. The Balaban J connectivity index is 0. The summed E-state index contributed by atoms with van der Waals surface area (Å²) < 4.78 is 0. The van der Waals surface area contributed by atoms with Gasteiger partial charge in [0.15, 0.2) is 0 Å². The maximum atomic E-state index is 0. The Morgan fingerprint density at radius 3 is 0.364 bits per heavy atom. The summed E-state index contributed by atoms with van der Waals surface area (Å²) in [6, 6.07) is 0. The van der Waals surface area contributed by atoms with Gasteiger partial charge in [-0.05, 0) is 0 Å². The minimum absolute atomic E-state index is 0. The summed E-state index contributed by atoms with van der Waals surface area (Å²) >= 11 is 0. The smallest absolute Gasteiger partial charge is 2.00 e. The molecule has 0 aliphatic rings. The second-order valence-corrected chi connectivity index (χ2v) is 0. The fourth-order valence-electron chi connectivity index (χ4n) is 0. The van der Waals surface area contributed by atoms with E-state index in [-0.39, 0.29) is 172 Å². The average Bonchev–Trinajstić information content (AvgIpc) is 0. The SMILES string of the molecule is [Al+3].[Al+3].[Ca+2].[Ca+2].[Fe+3].[Fe+3].[O-2].[O-2].[O-2].[O-2].[O-2]. The monoisotopic (exact) mass is 326 g/mol. The van der Waals surface area contributed by atoms with Crippen molar-refractivity contribution in [1.82, 2.24) is 0 Å². The molecule has 0 aromatic rings. The Hall–Kier alpha value is 4.42. The zero-order valence-electron chi connectivity index (χ0n) is 5.32. The van der Waals surface area contributed by atoms with Gasteiger partial charge in [-0.2, -0.15) is 0 Å². The molecule has 0 saturated carbocycles. The van der Waals surface area contributed by atoms with Crippen LogP contribution in [0.4, 0.5) is 0 Å². The van der Waals surface area contributed by atoms with Crippen LogP contribution in [0.2, 0.25) is 0 Å². The van der Waals surface area contributed by atoms with Crippen LogP contribution in [0.1, 0.15) is 0 Å². The second-order valence-electron chi connectivity index (χ2n) is 0. The summed E-state index contributed by atoms with van der Waals surface area (Å²) in [4.78, 5) is 0. The van der Waals surface area contributed by atoms with Crippen LogP contribution in [0, 0.1) is 0 Å². The van der Waals surface area contributed by atoms with Crippen molar-refractivity contribution in [3.05, 3.63) is 0 Å². The van der Waals surface area contributed by atoms with Crippen LogP contribution in [0.5, 0.6) is 0 Å². The van der Waals surface area contributed by atoms with E-state index in [0.29, 0.717) is 0 Å². The Bertz CT molecular complexity index is 20.4. The molecule has 0 rings (SSSR count). The summed E-state index contributed by atoms with van der Waals surface area (Å²) in [5.41, 5.74) is 0. The van der Waals surface area contributed by atoms with Gasteiger partial charge in [0.05, 0.1) is 0 Å². The quantitative estimate of drug-likeness (QED) is 0.449. The Morgan fingerprint density at radius 1 is 0.364 bits per heavy atom. The van der Waals surface area contributed by atoms with E-state index in [4.69, 9.17) is 0 Å². The molecule has 0 fully saturated rings. The maximum Gasteiger partial charge on any atom is 3.00 e. The largest absolute Gasteiger partial charge is 3.00 e. The van der Waals surface area contributed by atoms with Crippen molar-refractivity contribution in [2.75, 3.05) is 0 Å². The fourth-order valence-corrected chi connectivity index (χ4v) is 0. The zero-order valence-corrected chi connectivity index (χ0v) is 14.3. The molecule has 0 amide bonds. The third-order valence-electron chi connectivity index (χ3n) is 0. The van der Waals surface area contributed by atoms with E-state index >= 15 is 0 Å². The molecule has 0 aromatic heterocycles. The van der Waals surface area contributed by atoms with Gasteiger partial charge < -0.3 is 27.4 Å². The van der Waals surface area contributed by atoms with E-state index in [9.17, 15) is 0 Å². The number of hydrogen-bond acceptors (Lipinski definition) is 0. The summed E-state index contributed by atoms with van der Waals surface area (Å²) in [5.74, 6) is 0. The first kappa shape index (κ1) is 164. The fraction of sp³-hybridized carbons (Fsp3) is 0. The first-order valence-corrected chi connectivity index (χ1v) is 0. The molecule has 11 heteroatoms. The molecule has 5 nitrogen and oxygen atoms in total. The van der Waals surface area contributed by atoms with Gasteiger partial charge in [0, 0.05) is 0 Å². The van der Waals surface area contributed by atoms with Gasteiger partial charge in [-0.15, -0.1) is 0 Å². The van der Waals surface area contributed by atoms with Crippen molar-refractivity contribution >= 4 is 110 Å². The first-order valence-electron chi connectivity index (χ1n) is 0. The molecule has 0 N–H and O–H groups in total. The standard InChI is InChI=1S/2Al.2Ca.2Fe.5O/q2*+3;2*+2;2*+3;5*-2. The summed E-state index contributed by atoms with van der Waals surface area (Å²) in [6.07, 6.45) is 0. The molecule has 0 unspecified atom stereocenters. The van der Waals surface area contributed by atoms with Crippen LogP contribution in [0.25, 0.3) is 0 Å². The van der Waals surface area contributed by atoms with Crippen LogP contribution < -0.4 is 0 Å². The minimum Gasteiger partial charge on any atom is -2.00 e. The average molecular weight is 326 g/mol. The topological polar surface area (TPSA) is 142 Å². The molecule has 50 valence electrons. The maximum absolute atomic E-state index is 0. The van der Waals surface area contributed by atoms with Crippen LogP contribution in [0.3, 0.4) is 0 Å². The van der Waals surface area contributed by atoms with E-state index < -0.39 is 0 Å². The molecule has 0 aromatic carbocycles. The molecule has 0 spiro atoms. The van der Waals surface area contributed by atoms with Crippen molar-refractivity contribution < 1.29 is 61.5 Å². The van der Waals surface area contributed by atoms with E-state index in [2.05, 4.69) is 0 Å². The Labute approximate surface area is 168 Å². The van der Waals surface area contributed by atoms with Crippen molar-refractivity contribution in [3.63, 3.8) is 0 Å². The molecule has 0 bridgehead atoms. The zero-order chi connectivity index (χ0) is 0. The van der Waals surface area contributed by atoms with Gasteiger partial charge in [0.25, 0.3) is 0 Å². The Kier molecular flexibility index (Phi) is 1980. The Morgan fingerprint density at radius 2 is 0.364 bits per heavy atom. The van der Waals surface area contributed by atoms with E-state index in [0.717, 1.165) is 0 Å². The normalized spacial score (nSPS) is 0. The third-order valence-corrected chi connectivity index (χ3v) is 0. The van der Waals surface area contributed by atoms with E-state index in [1.807, 2.05) is 0 Å². The van der Waals surface area contributed by atoms with Crippen LogP contribution in [0.15, 0.2) is 0 Å². The van der Waals surface area contributed by atoms with Gasteiger partial charge in [-0.3, -0.25) is 0 Å². The third kappa shape index (κ3) is 114. The van der Waals surface area contributed by atoms with Gasteiger partial charge in [-0.1, -0.05) is 0 Å². The molecule has 0 heterocycles. The van der Waals surface area contributed by atoms with Gasteiger partial charge in [-0.25, -0.2) is 0 Å². The van der Waals surface area contributed by atoms with Crippen molar-refractivity contribution in [2.24, 2.45) is 0 Å². The van der Waals surface area contributed by atoms with Crippen molar-refractivity contribution in [2.45, 2.75) is 0 Å². The van der Waals surface area contributed by atoms with Gasteiger partial charge in [0.1, 0.15) is 0 Å². The summed E-state index contributed by atoms with van der Waals surface area (Å²) in [6.45, 7) is 0. The predicted octanol–water partition coefficient (Wildman–Crippen LogP) is -2.12. The molecule has 0 atom stereocenters. The summed E-state index contributed by atoms with van der Waals surface area (Å²) in [7, 11) is 0. The molecule has 0 aliphatic heterocycles. The second kappa shape index (κ2) is 133.